The minimum absolute atomic E-state index is 0.463. The Labute approximate surface area is 203 Å². The van der Waals surface area contributed by atoms with Crippen LogP contribution < -0.4 is 10.1 Å². The molecule has 5 aromatic rings. The van der Waals surface area contributed by atoms with Gasteiger partial charge in [0.1, 0.15) is 11.5 Å². The van der Waals surface area contributed by atoms with Gasteiger partial charge < -0.3 is 10.1 Å². The smallest absolute Gasteiger partial charge is 0.132 e. The molecule has 1 aliphatic heterocycles. The highest BCUT2D eigenvalue weighted by Gasteiger charge is 2.51. The fourth-order valence-corrected chi connectivity index (χ4v) is 5.90. The van der Waals surface area contributed by atoms with E-state index in [9.17, 15) is 0 Å². The Hall–Kier alpha value is -4.01. The molecule has 3 heteroatoms. The highest BCUT2D eigenvalue weighted by Crippen LogP contribution is 2.63. The molecule has 0 radical (unpaired) electrons. The van der Waals surface area contributed by atoms with Crippen LogP contribution in [0.25, 0.3) is 11.1 Å². The average molecular weight is 458 g/mol. The molecule has 34 heavy (non-hydrogen) atoms. The molecular formula is C31H20ClNO. The van der Waals surface area contributed by atoms with Gasteiger partial charge in [-0.05, 0) is 47.0 Å². The molecule has 2 aliphatic rings. The van der Waals surface area contributed by atoms with Gasteiger partial charge in [0.05, 0.1) is 16.1 Å². The van der Waals surface area contributed by atoms with Crippen molar-refractivity contribution in [1.29, 1.82) is 0 Å². The number of halogens is 1. The van der Waals surface area contributed by atoms with Crippen LogP contribution in [0.1, 0.15) is 22.3 Å². The Morgan fingerprint density at radius 1 is 0.529 bits per heavy atom. The van der Waals surface area contributed by atoms with Gasteiger partial charge in [-0.15, -0.1) is 0 Å². The SMILES string of the molecule is Clc1ccccc1Nc1cccc2c1-c1ccccc1C21c2ccccc2Oc2ccccc21. The normalized spacial score (nSPS) is 13.9. The lowest BCUT2D eigenvalue weighted by Crippen LogP contribution is -2.32. The summed E-state index contributed by atoms with van der Waals surface area (Å²) in [6, 6.07) is 39.9. The number of hydrogen-bond acceptors (Lipinski definition) is 2. The monoisotopic (exact) mass is 457 g/mol. The third kappa shape index (κ3) is 2.52. The van der Waals surface area contributed by atoms with Crippen LogP contribution >= 0.6 is 11.6 Å². The van der Waals surface area contributed by atoms with Gasteiger partial charge in [0.15, 0.2) is 0 Å². The van der Waals surface area contributed by atoms with Crippen molar-refractivity contribution < 1.29 is 4.74 Å². The van der Waals surface area contributed by atoms with E-state index in [0.717, 1.165) is 34.0 Å². The van der Waals surface area contributed by atoms with E-state index in [2.05, 4.69) is 84.2 Å². The minimum atomic E-state index is -0.463. The van der Waals surface area contributed by atoms with Crippen LogP contribution in [-0.2, 0) is 5.41 Å². The first kappa shape index (κ1) is 19.5. The first-order valence-electron chi connectivity index (χ1n) is 11.4. The summed E-state index contributed by atoms with van der Waals surface area (Å²) in [6.45, 7) is 0. The predicted molar refractivity (Wildman–Crippen MR) is 139 cm³/mol. The molecule has 0 bridgehead atoms. The van der Waals surface area contributed by atoms with E-state index >= 15 is 0 Å². The third-order valence-electron chi connectivity index (χ3n) is 7.01. The molecule has 0 fully saturated rings. The van der Waals surface area contributed by atoms with Crippen LogP contribution in [0.5, 0.6) is 11.5 Å². The van der Waals surface area contributed by atoms with E-state index in [0.29, 0.717) is 5.02 Å². The van der Waals surface area contributed by atoms with Crippen LogP contribution in [0.2, 0.25) is 5.02 Å². The highest BCUT2D eigenvalue weighted by atomic mass is 35.5. The summed E-state index contributed by atoms with van der Waals surface area (Å²) in [5, 5.41) is 4.32. The summed E-state index contributed by atoms with van der Waals surface area (Å²) in [5.74, 6) is 1.79. The number of anilines is 2. The average Bonchev–Trinajstić information content (AvgIpc) is 3.18. The third-order valence-corrected chi connectivity index (χ3v) is 7.34. The van der Waals surface area contributed by atoms with Gasteiger partial charge in [-0.2, -0.15) is 0 Å². The number of rotatable bonds is 2. The number of para-hydroxylation sites is 3. The van der Waals surface area contributed by atoms with Crippen LogP contribution in [0, 0.1) is 0 Å². The van der Waals surface area contributed by atoms with E-state index in [1.165, 1.54) is 22.3 Å². The maximum absolute atomic E-state index is 6.52. The lowest BCUT2D eigenvalue weighted by atomic mass is 9.66. The van der Waals surface area contributed by atoms with Crippen molar-refractivity contribution in [2.45, 2.75) is 5.41 Å². The van der Waals surface area contributed by atoms with Crippen LogP contribution in [-0.4, -0.2) is 0 Å². The predicted octanol–water partition coefficient (Wildman–Crippen LogP) is 8.55. The molecule has 5 aromatic carbocycles. The van der Waals surface area contributed by atoms with Crippen molar-refractivity contribution in [2.75, 3.05) is 5.32 Å². The second-order valence-electron chi connectivity index (χ2n) is 8.72. The Morgan fingerprint density at radius 2 is 1.09 bits per heavy atom. The quantitative estimate of drug-likeness (QED) is 0.281. The van der Waals surface area contributed by atoms with Gasteiger partial charge in [-0.25, -0.2) is 0 Å². The van der Waals surface area contributed by atoms with Gasteiger partial charge in [-0.3, -0.25) is 0 Å². The van der Waals surface area contributed by atoms with E-state index in [1.807, 2.05) is 36.4 Å². The summed E-state index contributed by atoms with van der Waals surface area (Å²) >= 11 is 6.52. The Bertz CT molecular complexity index is 1540. The maximum Gasteiger partial charge on any atom is 0.132 e. The maximum atomic E-state index is 6.52. The second kappa shape index (κ2) is 7.24. The number of fused-ring (bicyclic) bond motifs is 9. The van der Waals surface area contributed by atoms with Gasteiger partial charge in [0, 0.05) is 22.4 Å². The van der Waals surface area contributed by atoms with Gasteiger partial charge in [-0.1, -0.05) is 96.5 Å². The zero-order valence-electron chi connectivity index (χ0n) is 18.3. The molecule has 0 saturated carbocycles. The molecule has 1 aliphatic carbocycles. The topological polar surface area (TPSA) is 21.3 Å². The Balaban J connectivity index is 1.59. The van der Waals surface area contributed by atoms with Gasteiger partial charge >= 0.3 is 0 Å². The lowest BCUT2D eigenvalue weighted by Gasteiger charge is -2.39. The van der Waals surface area contributed by atoms with Crippen molar-refractivity contribution in [3.8, 4) is 22.6 Å². The van der Waals surface area contributed by atoms with E-state index in [1.54, 1.807) is 0 Å². The summed E-state index contributed by atoms with van der Waals surface area (Å²) in [6.07, 6.45) is 0. The largest absolute Gasteiger partial charge is 0.457 e. The lowest BCUT2D eigenvalue weighted by molar-refractivity contribution is 0.436. The molecule has 0 aromatic heterocycles. The van der Waals surface area contributed by atoms with Crippen LogP contribution in [0.3, 0.4) is 0 Å². The zero-order valence-corrected chi connectivity index (χ0v) is 19.0. The fourth-order valence-electron chi connectivity index (χ4n) is 5.71. The molecule has 0 saturated heterocycles. The van der Waals surface area contributed by atoms with Crippen LogP contribution in [0.4, 0.5) is 11.4 Å². The molecule has 1 spiro atoms. The zero-order chi connectivity index (χ0) is 22.7. The van der Waals surface area contributed by atoms with Gasteiger partial charge in [0.2, 0.25) is 0 Å². The van der Waals surface area contributed by atoms with Crippen molar-refractivity contribution in [2.24, 2.45) is 0 Å². The molecule has 0 atom stereocenters. The number of nitrogens with one attached hydrogen (secondary N) is 1. The molecule has 0 amide bonds. The second-order valence-corrected chi connectivity index (χ2v) is 9.13. The Kier molecular flexibility index (Phi) is 4.15. The number of hydrogen-bond donors (Lipinski definition) is 1. The first-order chi connectivity index (χ1) is 16.8. The molecule has 2 nitrogen and oxygen atoms in total. The van der Waals surface area contributed by atoms with Crippen molar-refractivity contribution in [3.63, 3.8) is 0 Å². The molecule has 1 heterocycles. The number of benzene rings is 5. The molecule has 1 N–H and O–H groups in total. The fraction of sp³-hybridized carbons (Fsp3) is 0.0323. The highest BCUT2D eigenvalue weighted by molar-refractivity contribution is 6.33. The summed E-state index contributed by atoms with van der Waals surface area (Å²) < 4.78 is 6.40. The number of ether oxygens (including phenoxy) is 1. The Morgan fingerprint density at radius 3 is 1.82 bits per heavy atom. The summed E-state index contributed by atoms with van der Waals surface area (Å²) in [4.78, 5) is 0. The first-order valence-corrected chi connectivity index (χ1v) is 11.8. The minimum Gasteiger partial charge on any atom is -0.457 e. The van der Waals surface area contributed by atoms with Crippen molar-refractivity contribution in [3.05, 3.63) is 143 Å². The standard InChI is InChI=1S/C31H20ClNO/c32-25-15-5-6-16-26(25)33-27-17-9-14-24-30(27)20-10-1-2-11-21(20)31(24)22-12-3-7-18-28(22)34-29-19-8-4-13-23(29)31/h1-19,33H. The van der Waals surface area contributed by atoms with Gasteiger partial charge in [0.25, 0.3) is 0 Å². The van der Waals surface area contributed by atoms with Crippen molar-refractivity contribution >= 4 is 23.0 Å². The summed E-state index contributed by atoms with van der Waals surface area (Å²) in [5.41, 5.74) is 8.72. The van der Waals surface area contributed by atoms with Crippen LogP contribution in [0.15, 0.2) is 115 Å². The molecule has 0 unspecified atom stereocenters. The van der Waals surface area contributed by atoms with E-state index in [4.69, 9.17) is 16.3 Å². The van der Waals surface area contributed by atoms with E-state index < -0.39 is 5.41 Å². The summed E-state index contributed by atoms with van der Waals surface area (Å²) in [7, 11) is 0. The van der Waals surface area contributed by atoms with E-state index in [-0.39, 0.29) is 0 Å². The molecule has 162 valence electrons. The molecule has 7 rings (SSSR count). The molecular weight excluding hydrogens is 438 g/mol. The van der Waals surface area contributed by atoms with Crippen molar-refractivity contribution in [1.82, 2.24) is 0 Å².